The fourth-order valence-electron chi connectivity index (χ4n) is 4.19. The highest BCUT2D eigenvalue weighted by Gasteiger charge is 2.40. The van der Waals surface area contributed by atoms with Crippen LogP contribution in [0.2, 0.25) is 0 Å². The lowest BCUT2D eigenvalue weighted by molar-refractivity contribution is -0.159. The van der Waals surface area contributed by atoms with Gasteiger partial charge in [-0.1, -0.05) is 44.9 Å². The number of carboxylic acid groups (broad SMARTS) is 1. The van der Waals surface area contributed by atoms with Crippen molar-refractivity contribution in [3.63, 3.8) is 0 Å². The Balaban J connectivity index is 2.16. The van der Waals surface area contributed by atoms with Crippen LogP contribution in [-0.2, 0) is 14.6 Å². The molecular weight excluding hydrogens is 474 g/mol. The van der Waals surface area contributed by atoms with Crippen LogP contribution in [0.25, 0.3) is 0 Å². The highest BCUT2D eigenvalue weighted by Crippen LogP contribution is 2.46. The van der Waals surface area contributed by atoms with Gasteiger partial charge < -0.3 is 19.8 Å². The van der Waals surface area contributed by atoms with Crippen LogP contribution in [0.5, 0.6) is 5.75 Å². The third-order valence-corrected chi connectivity index (χ3v) is 8.95. The Morgan fingerprint density at radius 2 is 1.94 bits per heavy atom. The van der Waals surface area contributed by atoms with Gasteiger partial charge in [0.05, 0.1) is 21.2 Å². The lowest BCUT2D eigenvalue weighted by Gasteiger charge is -2.34. The first-order valence-corrected chi connectivity index (χ1v) is 14.2. The molecule has 1 aliphatic rings. The van der Waals surface area contributed by atoms with Crippen molar-refractivity contribution in [1.82, 2.24) is 0 Å². The number of carbonyl (C=O) groups is 1. The van der Waals surface area contributed by atoms with Gasteiger partial charge in [0.1, 0.15) is 12.4 Å². The zero-order valence-electron chi connectivity index (χ0n) is 20.1. The second-order valence-electron chi connectivity index (χ2n) is 9.43. The van der Waals surface area contributed by atoms with Gasteiger partial charge in [-0.3, -0.25) is 0 Å². The van der Waals surface area contributed by atoms with E-state index in [2.05, 4.69) is 11.8 Å². The number of rotatable bonds is 9. The van der Waals surface area contributed by atoms with E-state index in [9.17, 15) is 23.4 Å². The summed E-state index contributed by atoms with van der Waals surface area (Å²) in [5.74, 6) is -1.18. The number of fused-ring (bicyclic) bond motifs is 1. The minimum atomic E-state index is -3.68. The third kappa shape index (κ3) is 5.70. The highest BCUT2D eigenvalue weighted by molar-refractivity contribution is 7.98. The average Bonchev–Trinajstić information content (AvgIpc) is 2.87. The zero-order chi connectivity index (χ0) is 25.1. The Morgan fingerprint density at radius 3 is 2.53 bits per heavy atom. The number of hydrogen-bond donors (Lipinski definition) is 2. The van der Waals surface area contributed by atoms with E-state index in [0.717, 1.165) is 31.9 Å². The van der Waals surface area contributed by atoms with Crippen molar-refractivity contribution in [3.8, 4) is 5.75 Å². The average molecular weight is 508 g/mol. The molecule has 1 heterocycles. The number of para-hydroxylation sites is 1. The molecule has 0 bridgehead atoms. The molecule has 0 saturated carbocycles. The largest absolute Gasteiger partial charge is 0.489 e. The van der Waals surface area contributed by atoms with Gasteiger partial charge in [0.25, 0.3) is 0 Å². The summed E-state index contributed by atoms with van der Waals surface area (Å²) in [5, 5.41) is 19.3. The molecule has 7 nitrogen and oxygen atoms in total. The molecule has 0 saturated heterocycles. The molecule has 186 valence electrons. The number of anilines is 2. The molecule has 2 aromatic rings. The first kappa shape index (κ1) is 26.4. The van der Waals surface area contributed by atoms with E-state index in [4.69, 9.17) is 4.74 Å². The van der Waals surface area contributed by atoms with Crippen LogP contribution < -0.4 is 9.64 Å². The standard InChI is InChI=1S/C25H33NO6S2/c1-5-6-12-24(2)15-26(18-10-8-7-9-11-18)19-13-21(33-4)20(14-22(19)34(30,31)17-24)32-16-25(3,29)23(27)28/h7-11,13-14,29H,5-6,12,15-17H2,1-4H3,(H,27,28)/t24-,25-/m1/s1. The molecule has 0 amide bonds. The van der Waals surface area contributed by atoms with Gasteiger partial charge in [-0.25, -0.2) is 13.2 Å². The van der Waals surface area contributed by atoms with E-state index in [1.165, 1.54) is 17.8 Å². The first-order valence-electron chi connectivity index (χ1n) is 11.3. The molecule has 0 aromatic heterocycles. The van der Waals surface area contributed by atoms with Crippen molar-refractivity contribution in [3.05, 3.63) is 42.5 Å². The van der Waals surface area contributed by atoms with E-state index in [1.807, 2.05) is 43.5 Å². The van der Waals surface area contributed by atoms with E-state index >= 15 is 0 Å². The zero-order valence-corrected chi connectivity index (χ0v) is 21.7. The number of unbranched alkanes of at least 4 members (excludes halogenated alkanes) is 1. The summed E-state index contributed by atoms with van der Waals surface area (Å²) < 4.78 is 33.0. The summed E-state index contributed by atoms with van der Waals surface area (Å²) in [6.07, 6.45) is 4.53. The first-order chi connectivity index (χ1) is 15.9. The molecule has 0 unspecified atom stereocenters. The van der Waals surface area contributed by atoms with Crippen LogP contribution in [0, 0.1) is 5.41 Å². The van der Waals surface area contributed by atoms with Crippen LogP contribution in [0.3, 0.4) is 0 Å². The molecule has 2 N–H and O–H groups in total. The monoisotopic (exact) mass is 507 g/mol. The van der Waals surface area contributed by atoms with E-state index < -0.39 is 33.4 Å². The topological polar surface area (TPSA) is 104 Å². The van der Waals surface area contributed by atoms with Gasteiger partial charge in [0.2, 0.25) is 0 Å². The second kappa shape index (κ2) is 10.2. The van der Waals surface area contributed by atoms with Crippen LogP contribution in [-0.4, -0.2) is 55.4 Å². The van der Waals surface area contributed by atoms with Crippen LogP contribution in [0.1, 0.15) is 40.0 Å². The molecule has 3 rings (SSSR count). The van der Waals surface area contributed by atoms with Gasteiger partial charge in [0.15, 0.2) is 15.4 Å². The summed E-state index contributed by atoms with van der Waals surface area (Å²) in [5.41, 5.74) is -1.08. The maximum absolute atomic E-state index is 13.7. The fraction of sp³-hybridized carbons (Fsp3) is 0.480. The van der Waals surface area contributed by atoms with Crippen LogP contribution in [0.4, 0.5) is 11.4 Å². The minimum Gasteiger partial charge on any atom is -0.489 e. The Labute approximate surface area is 206 Å². The highest BCUT2D eigenvalue weighted by atomic mass is 32.2. The van der Waals surface area contributed by atoms with Gasteiger partial charge in [-0.15, -0.1) is 11.8 Å². The lowest BCUT2D eigenvalue weighted by atomic mass is 9.86. The Kier molecular flexibility index (Phi) is 7.89. The number of hydrogen-bond acceptors (Lipinski definition) is 7. The van der Waals surface area contributed by atoms with Crippen molar-refractivity contribution in [1.29, 1.82) is 0 Å². The minimum absolute atomic E-state index is 0.00122. The number of benzene rings is 2. The molecule has 34 heavy (non-hydrogen) atoms. The summed E-state index contributed by atoms with van der Waals surface area (Å²) in [6.45, 7) is 5.30. The van der Waals surface area contributed by atoms with E-state index in [-0.39, 0.29) is 16.4 Å². The van der Waals surface area contributed by atoms with Crippen LogP contribution >= 0.6 is 11.8 Å². The van der Waals surface area contributed by atoms with Crippen molar-refractivity contribution in [2.75, 3.05) is 30.1 Å². The molecule has 1 aliphatic heterocycles. The summed E-state index contributed by atoms with van der Waals surface area (Å²) >= 11 is 1.37. The molecule has 9 heteroatoms. The predicted molar refractivity (Wildman–Crippen MR) is 135 cm³/mol. The van der Waals surface area contributed by atoms with Gasteiger partial charge >= 0.3 is 5.97 Å². The maximum atomic E-state index is 13.7. The van der Waals surface area contributed by atoms with Gasteiger partial charge in [-0.2, -0.15) is 0 Å². The number of aliphatic hydroxyl groups is 1. The Morgan fingerprint density at radius 1 is 1.26 bits per heavy atom. The Bertz CT molecular complexity index is 1130. The summed E-state index contributed by atoms with van der Waals surface area (Å²) in [6, 6.07) is 13.0. The van der Waals surface area contributed by atoms with E-state index in [0.29, 0.717) is 17.1 Å². The van der Waals surface area contributed by atoms with Crippen molar-refractivity contribution in [2.45, 2.75) is 55.4 Å². The molecule has 2 atom stereocenters. The normalized spacial score (nSPS) is 21.3. The SMILES string of the molecule is CCCC[C@]1(C)CN(c2ccccc2)c2cc(SC)c(OC[C@@](C)(O)C(=O)O)cc2S(=O)(=O)C1. The van der Waals surface area contributed by atoms with Gasteiger partial charge in [-0.05, 0) is 43.2 Å². The summed E-state index contributed by atoms with van der Waals surface area (Å²) in [7, 11) is -3.68. The Hall–Kier alpha value is -2.23. The quantitative estimate of drug-likeness (QED) is 0.469. The lowest BCUT2D eigenvalue weighted by Crippen LogP contribution is -2.41. The van der Waals surface area contributed by atoms with Crippen molar-refractivity contribution in [2.24, 2.45) is 5.41 Å². The number of ether oxygens (including phenoxy) is 1. The fourth-order valence-corrected chi connectivity index (χ4v) is 6.82. The number of nitrogens with zero attached hydrogens (tertiary/aromatic N) is 1. The number of sulfone groups is 1. The number of carboxylic acids is 1. The summed E-state index contributed by atoms with van der Waals surface area (Å²) in [4.78, 5) is 14.2. The predicted octanol–water partition coefficient (Wildman–Crippen LogP) is 4.74. The second-order valence-corrected chi connectivity index (χ2v) is 12.2. The molecule has 2 aromatic carbocycles. The van der Waals surface area contributed by atoms with E-state index in [1.54, 1.807) is 6.07 Å². The van der Waals surface area contributed by atoms with Crippen LogP contribution in [0.15, 0.2) is 52.3 Å². The molecule has 0 aliphatic carbocycles. The molecule has 0 spiro atoms. The molecule has 0 fully saturated rings. The molecule has 0 radical (unpaired) electrons. The number of aliphatic carboxylic acids is 1. The number of thioether (sulfide) groups is 1. The molecular formula is C25H33NO6S2. The smallest absolute Gasteiger partial charge is 0.339 e. The van der Waals surface area contributed by atoms with Crippen molar-refractivity contribution >= 4 is 38.9 Å². The van der Waals surface area contributed by atoms with Crippen molar-refractivity contribution < 1.29 is 28.2 Å². The van der Waals surface area contributed by atoms with Gasteiger partial charge in [0, 0.05) is 18.3 Å². The third-order valence-electron chi connectivity index (χ3n) is 6.12. The maximum Gasteiger partial charge on any atom is 0.339 e.